The monoisotopic (exact) mass is 281 g/mol. The number of aromatic nitrogens is 3. The Morgan fingerprint density at radius 2 is 2.10 bits per heavy atom. The van der Waals surface area contributed by atoms with Gasteiger partial charge in [-0.05, 0) is 47.5 Å². The normalized spacial score (nSPS) is 24.0. The lowest BCUT2D eigenvalue weighted by Gasteiger charge is -2.31. The van der Waals surface area contributed by atoms with Crippen molar-refractivity contribution in [1.82, 2.24) is 24.6 Å². The molecule has 2 heterocycles. The fraction of sp³-hybridized carbons (Fsp3) is 0.857. The Morgan fingerprint density at radius 1 is 1.35 bits per heavy atom. The van der Waals surface area contributed by atoms with Gasteiger partial charge in [-0.3, -0.25) is 4.90 Å². The summed E-state index contributed by atoms with van der Waals surface area (Å²) in [6.07, 6.45) is 2.87. The average Bonchev–Trinajstić information content (AvgIpc) is 2.76. The second-order valence-corrected chi connectivity index (χ2v) is 6.15. The molecule has 2 unspecified atom stereocenters. The Kier molecular flexibility index (Phi) is 5.12. The second kappa shape index (κ2) is 6.65. The topological polar surface area (TPSA) is 57.4 Å². The molecule has 0 saturated carbocycles. The Balaban J connectivity index is 2.06. The SMILES string of the molecule is CC(C)n1ncnc1CC(O)C1CN(C)CCCN1C. The zero-order valence-corrected chi connectivity index (χ0v) is 13.0. The van der Waals surface area contributed by atoms with Crippen molar-refractivity contribution >= 4 is 0 Å². The Morgan fingerprint density at radius 3 is 2.80 bits per heavy atom. The van der Waals surface area contributed by atoms with E-state index in [4.69, 9.17) is 0 Å². The molecule has 1 N–H and O–H groups in total. The minimum absolute atomic E-state index is 0.153. The van der Waals surface area contributed by atoms with Gasteiger partial charge in [-0.25, -0.2) is 9.67 Å². The van der Waals surface area contributed by atoms with E-state index in [-0.39, 0.29) is 12.1 Å². The van der Waals surface area contributed by atoms with Crippen LogP contribution in [0, 0.1) is 0 Å². The molecule has 0 bridgehead atoms. The standard InChI is InChI=1S/C14H27N5O/c1-11(2)19-14(15-10-16-19)8-13(20)12-9-17(3)6-5-7-18(12)4/h10-13,20H,5-9H2,1-4H3. The van der Waals surface area contributed by atoms with Crippen LogP contribution in [0.1, 0.15) is 32.1 Å². The highest BCUT2D eigenvalue weighted by Gasteiger charge is 2.28. The lowest BCUT2D eigenvalue weighted by atomic mass is 10.1. The lowest BCUT2D eigenvalue weighted by Crippen LogP contribution is -2.47. The van der Waals surface area contributed by atoms with Gasteiger partial charge in [0.15, 0.2) is 0 Å². The summed E-state index contributed by atoms with van der Waals surface area (Å²) in [6.45, 7) is 7.18. The number of likely N-dealkylation sites (N-methyl/N-ethyl adjacent to an activating group) is 2. The third-order valence-corrected chi connectivity index (χ3v) is 4.09. The van der Waals surface area contributed by atoms with Gasteiger partial charge in [-0.1, -0.05) is 0 Å². The average molecular weight is 281 g/mol. The largest absolute Gasteiger partial charge is 0.391 e. The molecule has 2 rings (SSSR count). The summed E-state index contributed by atoms with van der Waals surface area (Å²) in [5.41, 5.74) is 0. The summed E-state index contributed by atoms with van der Waals surface area (Å²) >= 11 is 0. The maximum Gasteiger partial charge on any atom is 0.138 e. The van der Waals surface area contributed by atoms with Crippen molar-refractivity contribution in [1.29, 1.82) is 0 Å². The molecular weight excluding hydrogens is 254 g/mol. The fourth-order valence-corrected chi connectivity index (χ4v) is 2.90. The molecule has 0 aromatic carbocycles. The quantitative estimate of drug-likeness (QED) is 0.865. The number of hydrogen-bond acceptors (Lipinski definition) is 5. The molecule has 1 aromatic rings. The predicted octanol–water partition coefficient (Wildman–Crippen LogP) is 0.398. The highest BCUT2D eigenvalue weighted by atomic mass is 16.3. The van der Waals surface area contributed by atoms with E-state index in [0.29, 0.717) is 6.42 Å². The van der Waals surface area contributed by atoms with Crippen molar-refractivity contribution in [2.45, 2.75) is 44.9 Å². The van der Waals surface area contributed by atoms with Gasteiger partial charge in [-0.2, -0.15) is 5.10 Å². The van der Waals surface area contributed by atoms with Gasteiger partial charge >= 0.3 is 0 Å². The third kappa shape index (κ3) is 3.56. The summed E-state index contributed by atoms with van der Waals surface area (Å²) in [4.78, 5) is 8.86. The zero-order valence-electron chi connectivity index (χ0n) is 13.0. The van der Waals surface area contributed by atoms with Crippen LogP contribution in [0.15, 0.2) is 6.33 Å². The first-order valence-electron chi connectivity index (χ1n) is 7.44. The number of aliphatic hydroxyl groups is 1. The molecule has 20 heavy (non-hydrogen) atoms. The van der Waals surface area contributed by atoms with E-state index < -0.39 is 6.10 Å². The molecule has 0 radical (unpaired) electrons. The Bertz CT molecular complexity index is 419. The molecule has 0 amide bonds. The summed E-state index contributed by atoms with van der Waals surface area (Å²) in [7, 11) is 4.22. The van der Waals surface area contributed by atoms with Gasteiger partial charge in [0.05, 0.1) is 6.10 Å². The second-order valence-electron chi connectivity index (χ2n) is 6.15. The van der Waals surface area contributed by atoms with E-state index in [9.17, 15) is 5.11 Å². The van der Waals surface area contributed by atoms with Crippen molar-refractivity contribution in [3.8, 4) is 0 Å². The fourth-order valence-electron chi connectivity index (χ4n) is 2.90. The van der Waals surface area contributed by atoms with Gasteiger partial charge in [0.1, 0.15) is 12.2 Å². The highest BCUT2D eigenvalue weighted by molar-refractivity contribution is 4.94. The molecule has 1 saturated heterocycles. The molecular formula is C14H27N5O. The van der Waals surface area contributed by atoms with E-state index in [1.807, 2.05) is 4.68 Å². The molecule has 114 valence electrons. The van der Waals surface area contributed by atoms with Crippen LogP contribution in [0.4, 0.5) is 0 Å². The van der Waals surface area contributed by atoms with Crippen LogP contribution in [-0.2, 0) is 6.42 Å². The van der Waals surface area contributed by atoms with Crippen LogP contribution >= 0.6 is 0 Å². The number of nitrogens with zero attached hydrogens (tertiary/aromatic N) is 5. The van der Waals surface area contributed by atoms with Crippen LogP contribution in [-0.4, -0.2) is 75.5 Å². The molecule has 1 aliphatic rings. The van der Waals surface area contributed by atoms with Crippen LogP contribution in [0.5, 0.6) is 0 Å². The van der Waals surface area contributed by atoms with Crippen molar-refractivity contribution in [2.24, 2.45) is 0 Å². The van der Waals surface area contributed by atoms with Gasteiger partial charge in [-0.15, -0.1) is 0 Å². The molecule has 1 aromatic heterocycles. The Hall–Kier alpha value is -0.980. The van der Waals surface area contributed by atoms with Crippen LogP contribution in [0.3, 0.4) is 0 Å². The molecule has 2 atom stereocenters. The van der Waals surface area contributed by atoms with Crippen molar-refractivity contribution < 1.29 is 5.11 Å². The maximum absolute atomic E-state index is 10.6. The van der Waals surface area contributed by atoms with E-state index in [0.717, 1.165) is 31.9 Å². The minimum atomic E-state index is -0.415. The maximum atomic E-state index is 10.6. The van der Waals surface area contributed by atoms with Crippen LogP contribution in [0.25, 0.3) is 0 Å². The summed E-state index contributed by atoms with van der Waals surface area (Å²) < 4.78 is 1.89. The number of rotatable bonds is 4. The van der Waals surface area contributed by atoms with Crippen LogP contribution < -0.4 is 0 Å². The van der Waals surface area contributed by atoms with E-state index in [1.54, 1.807) is 6.33 Å². The highest BCUT2D eigenvalue weighted by Crippen LogP contribution is 2.15. The van der Waals surface area contributed by atoms with Gasteiger partial charge in [0, 0.05) is 25.0 Å². The zero-order chi connectivity index (χ0) is 14.7. The van der Waals surface area contributed by atoms with Crippen molar-refractivity contribution in [3.05, 3.63) is 12.2 Å². The first-order valence-corrected chi connectivity index (χ1v) is 7.44. The first kappa shape index (κ1) is 15.4. The molecule has 6 nitrogen and oxygen atoms in total. The number of hydrogen-bond donors (Lipinski definition) is 1. The minimum Gasteiger partial charge on any atom is -0.391 e. The number of aliphatic hydroxyl groups excluding tert-OH is 1. The smallest absolute Gasteiger partial charge is 0.138 e. The summed E-state index contributed by atoms with van der Waals surface area (Å²) in [5, 5.41) is 14.9. The van der Waals surface area contributed by atoms with E-state index in [2.05, 4.69) is 47.8 Å². The molecule has 1 aliphatic heterocycles. The summed E-state index contributed by atoms with van der Waals surface area (Å²) in [6, 6.07) is 0.425. The lowest BCUT2D eigenvalue weighted by molar-refractivity contribution is 0.0558. The van der Waals surface area contributed by atoms with Gasteiger partial charge in [0.2, 0.25) is 0 Å². The predicted molar refractivity (Wildman–Crippen MR) is 78.6 cm³/mol. The van der Waals surface area contributed by atoms with E-state index in [1.165, 1.54) is 0 Å². The first-order chi connectivity index (χ1) is 9.49. The van der Waals surface area contributed by atoms with Crippen molar-refractivity contribution in [2.75, 3.05) is 33.7 Å². The van der Waals surface area contributed by atoms with Gasteiger partial charge < -0.3 is 10.0 Å². The van der Waals surface area contributed by atoms with Gasteiger partial charge in [0.25, 0.3) is 0 Å². The molecule has 0 aliphatic carbocycles. The van der Waals surface area contributed by atoms with Crippen LogP contribution in [0.2, 0.25) is 0 Å². The van der Waals surface area contributed by atoms with Crippen molar-refractivity contribution in [3.63, 3.8) is 0 Å². The van der Waals surface area contributed by atoms with E-state index >= 15 is 0 Å². The molecule has 1 fully saturated rings. The molecule has 0 spiro atoms. The Labute approximate surface area is 121 Å². The third-order valence-electron chi connectivity index (χ3n) is 4.09. The summed E-state index contributed by atoms with van der Waals surface area (Å²) in [5.74, 6) is 0.868. The molecule has 6 heteroatoms.